The largest absolute Gasteiger partial charge is 0.465 e. The molecule has 1 aliphatic heterocycles. The van der Waals surface area contributed by atoms with Crippen LogP contribution >= 0.6 is 0 Å². The molecular formula is C26H25N7O4S. The van der Waals surface area contributed by atoms with Gasteiger partial charge in [0.15, 0.2) is 5.65 Å². The monoisotopic (exact) mass is 531 g/mol. The first-order valence-electron chi connectivity index (χ1n) is 12.2. The molecule has 0 saturated carbocycles. The smallest absolute Gasteiger partial charge is 0.407 e. The number of nitriles is 1. The van der Waals surface area contributed by atoms with Crippen molar-refractivity contribution in [1.29, 1.82) is 5.26 Å². The molecule has 1 aromatic carbocycles. The number of aryl methyl sites for hydroxylation is 1. The summed E-state index contributed by atoms with van der Waals surface area (Å²) in [6.45, 7) is 2.76. The minimum atomic E-state index is -4.02. The molecule has 3 aromatic heterocycles. The van der Waals surface area contributed by atoms with Gasteiger partial charge < -0.3 is 15.3 Å². The summed E-state index contributed by atoms with van der Waals surface area (Å²) in [4.78, 5) is 26.4. The van der Waals surface area contributed by atoms with E-state index in [4.69, 9.17) is 4.98 Å². The fourth-order valence-electron chi connectivity index (χ4n) is 4.63. The highest BCUT2D eigenvalue weighted by molar-refractivity contribution is 7.90. The van der Waals surface area contributed by atoms with Gasteiger partial charge in [-0.05, 0) is 49.1 Å². The van der Waals surface area contributed by atoms with Crippen LogP contribution in [0, 0.1) is 11.3 Å². The highest BCUT2D eigenvalue weighted by Gasteiger charge is 2.26. The minimum absolute atomic E-state index is 0.0905. The van der Waals surface area contributed by atoms with Crippen molar-refractivity contribution in [3.63, 3.8) is 0 Å². The number of fused-ring (bicyclic) bond motifs is 1. The first-order valence-corrected chi connectivity index (χ1v) is 13.6. The van der Waals surface area contributed by atoms with Gasteiger partial charge in [-0.2, -0.15) is 5.26 Å². The van der Waals surface area contributed by atoms with Gasteiger partial charge in [-0.3, -0.25) is 0 Å². The Balaban J connectivity index is 1.63. The number of rotatable bonds is 6. The maximum absolute atomic E-state index is 13.6. The zero-order valence-electron chi connectivity index (χ0n) is 20.6. The fourth-order valence-corrected chi connectivity index (χ4v) is 5.97. The molecule has 1 atom stereocenters. The van der Waals surface area contributed by atoms with Gasteiger partial charge in [-0.25, -0.2) is 32.1 Å². The van der Waals surface area contributed by atoms with Crippen molar-refractivity contribution in [3.8, 4) is 17.3 Å². The molecule has 0 spiro atoms. The van der Waals surface area contributed by atoms with Crippen molar-refractivity contribution >= 4 is 33.1 Å². The molecule has 11 nitrogen and oxygen atoms in total. The first-order chi connectivity index (χ1) is 18.3. The molecule has 1 aliphatic rings. The Morgan fingerprint density at radius 2 is 2.00 bits per heavy atom. The minimum Gasteiger partial charge on any atom is -0.465 e. The zero-order valence-corrected chi connectivity index (χ0v) is 21.4. The molecule has 1 fully saturated rings. The Kier molecular flexibility index (Phi) is 6.69. The van der Waals surface area contributed by atoms with Crippen molar-refractivity contribution in [2.45, 2.75) is 37.1 Å². The molecular weight excluding hydrogens is 506 g/mol. The van der Waals surface area contributed by atoms with Gasteiger partial charge in [0.25, 0.3) is 10.0 Å². The Hall–Kier alpha value is -4.50. The van der Waals surface area contributed by atoms with Crippen molar-refractivity contribution in [3.05, 3.63) is 66.1 Å². The molecule has 0 aliphatic carbocycles. The fraction of sp³-hybridized carbons (Fsp3) is 0.269. The van der Waals surface area contributed by atoms with Crippen LogP contribution in [0.5, 0.6) is 0 Å². The lowest BCUT2D eigenvalue weighted by Crippen LogP contribution is -2.44. The van der Waals surface area contributed by atoms with Gasteiger partial charge >= 0.3 is 6.09 Å². The van der Waals surface area contributed by atoms with Crippen LogP contribution in [0.3, 0.4) is 0 Å². The van der Waals surface area contributed by atoms with Gasteiger partial charge in [-0.15, -0.1) is 0 Å². The molecule has 0 unspecified atom stereocenters. The average molecular weight is 532 g/mol. The van der Waals surface area contributed by atoms with Crippen molar-refractivity contribution in [2.24, 2.45) is 0 Å². The topological polar surface area (TPSA) is 154 Å². The maximum Gasteiger partial charge on any atom is 0.407 e. The number of nitrogens with one attached hydrogen (secondary N) is 1. The summed E-state index contributed by atoms with van der Waals surface area (Å²) in [5, 5.41) is 22.6. The highest BCUT2D eigenvalue weighted by atomic mass is 32.2. The summed E-state index contributed by atoms with van der Waals surface area (Å²) in [5.41, 5.74) is 2.09. The van der Waals surface area contributed by atoms with Crippen LogP contribution in [0.15, 0.2) is 59.8 Å². The lowest BCUT2D eigenvalue weighted by molar-refractivity contribution is 0.132. The quantitative estimate of drug-likeness (QED) is 0.379. The van der Waals surface area contributed by atoms with E-state index in [1.54, 1.807) is 36.5 Å². The van der Waals surface area contributed by atoms with Crippen LogP contribution in [-0.2, 0) is 16.4 Å². The van der Waals surface area contributed by atoms with Crippen LogP contribution in [0.2, 0.25) is 0 Å². The van der Waals surface area contributed by atoms with E-state index in [9.17, 15) is 23.6 Å². The highest BCUT2D eigenvalue weighted by Crippen LogP contribution is 2.34. The zero-order chi connectivity index (χ0) is 26.9. The van der Waals surface area contributed by atoms with E-state index in [0.29, 0.717) is 42.1 Å². The molecule has 4 aromatic rings. The van der Waals surface area contributed by atoms with E-state index in [1.165, 1.54) is 23.2 Å². The number of carboxylic acid groups (broad SMARTS) is 1. The third kappa shape index (κ3) is 4.64. The second kappa shape index (κ2) is 10.1. The van der Waals surface area contributed by atoms with Crippen LogP contribution in [0.25, 0.3) is 22.3 Å². The van der Waals surface area contributed by atoms with Crippen LogP contribution in [-0.4, -0.2) is 62.6 Å². The third-order valence-electron chi connectivity index (χ3n) is 6.56. The predicted octanol–water partition coefficient (Wildman–Crippen LogP) is 3.72. The van der Waals surface area contributed by atoms with Crippen molar-refractivity contribution in [1.82, 2.24) is 23.8 Å². The number of piperidine rings is 1. The lowest BCUT2D eigenvalue weighted by Gasteiger charge is -2.31. The molecule has 194 valence electrons. The van der Waals surface area contributed by atoms with E-state index in [-0.39, 0.29) is 22.3 Å². The standard InChI is InChI=1S/C26H25N7O4S/c1-2-17-14-28-25(30-19-7-6-12-32(15-19)26(34)35)31-23(17)22-16-33(24-21(22)11-10-18(13-27)29-24)38(36,37)20-8-4-3-5-9-20/h3-5,8-11,14,16,19H,2,6-7,12,15H2,1H3,(H,34,35)(H,28,30,31)/t19-/m0/s1. The summed E-state index contributed by atoms with van der Waals surface area (Å²) < 4.78 is 28.3. The van der Waals surface area contributed by atoms with Crippen LogP contribution in [0.1, 0.15) is 31.0 Å². The van der Waals surface area contributed by atoms with Gasteiger partial charge in [-0.1, -0.05) is 25.1 Å². The lowest BCUT2D eigenvalue weighted by atomic mass is 10.1. The van der Waals surface area contributed by atoms with Gasteiger partial charge in [0.2, 0.25) is 5.95 Å². The second-order valence-electron chi connectivity index (χ2n) is 8.97. The van der Waals surface area contributed by atoms with E-state index >= 15 is 0 Å². The molecule has 38 heavy (non-hydrogen) atoms. The number of benzene rings is 1. The maximum atomic E-state index is 13.6. The number of amides is 1. The summed E-state index contributed by atoms with van der Waals surface area (Å²) in [5.74, 6) is 0.322. The molecule has 2 N–H and O–H groups in total. The number of carbonyl (C=O) groups is 1. The molecule has 0 radical (unpaired) electrons. The van der Waals surface area contributed by atoms with Gasteiger partial charge in [0, 0.05) is 42.5 Å². The third-order valence-corrected chi connectivity index (χ3v) is 8.22. The van der Waals surface area contributed by atoms with Gasteiger partial charge in [0.1, 0.15) is 11.8 Å². The molecule has 0 bridgehead atoms. The summed E-state index contributed by atoms with van der Waals surface area (Å²) in [6, 6.07) is 13.1. The molecule has 12 heteroatoms. The number of hydrogen-bond acceptors (Lipinski definition) is 8. The SMILES string of the molecule is CCc1cnc(N[C@H]2CCCN(C(=O)O)C2)nc1-c1cn(S(=O)(=O)c2ccccc2)c2nc(C#N)ccc12. The Morgan fingerprint density at radius 1 is 1.21 bits per heavy atom. The van der Waals surface area contributed by atoms with Crippen LogP contribution in [0.4, 0.5) is 10.7 Å². The Labute approximate surface area is 219 Å². The number of nitrogens with zero attached hydrogens (tertiary/aromatic N) is 6. The summed E-state index contributed by atoms with van der Waals surface area (Å²) in [7, 11) is -4.02. The summed E-state index contributed by atoms with van der Waals surface area (Å²) in [6.07, 6.45) is 4.30. The van der Waals surface area contributed by atoms with E-state index < -0.39 is 16.1 Å². The summed E-state index contributed by atoms with van der Waals surface area (Å²) >= 11 is 0. The average Bonchev–Trinajstić information content (AvgIpc) is 3.33. The number of pyridine rings is 1. The van der Waals surface area contributed by atoms with E-state index in [1.807, 2.05) is 13.0 Å². The van der Waals surface area contributed by atoms with Gasteiger partial charge in [0.05, 0.1) is 10.6 Å². The van der Waals surface area contributed by atoms with E-state index in [2.05, 4.69) is 15.3 Å². The first kappa shape index (κ1) is 25.2. The second-order valence-corrected chi connectivity index (χ2v) is 10.8. The van der Waals surface area contributed by atoms with Crippen molar-refractivity contribution in [2.75, 3.05) is 18.4 Å². The number of anilines is 1. The predicted molar refractivity (Wildman–Crippen MR) is 140 cm³/mol. The Bertz CT molecular complexity index is 1660. The normalized spacial score (nSPS) is 15.8. The number of aromatic nitrogens is 4. The number of hydrogen-bond donors (Lipinski definition) is 2. The van der Waals surface area contributed by atoms with E-state index in [0.717, 1.165) is 22.4 Å². The number of likely N-dealkylation sites (tertiary alicyclic amines) is 1. The van der Waals surface area contributed by atoms with Crippen LogP contribution < -0.4 is 5.32 Å². The molecule has 5 rings (SSSR count). The molecule has 1 saturated heterocycles. The molecule has 1 amide bonds. The Morgan fingerprint density at radius 3 is 2.71 bits per heavy atom. The molecule has 4 heterocycles. The van der Waals surface area contributed by atoms with Crippen molar-refractivity contribution < 1.29 is 18.3 Å².